The van der Waals surface area contributed by atoms with E-state index < -0.39 is 6.04 Å². The van der Waals surface area contributed by atoms with Gasteiger partial charge in [-0.05, 0) is 6.42 Å². The molecule has 0 bridgehead atoms. The second-order valence-electron chi connectivity index (χ2n) is 2.41. The van der Waals surface area contributed by atoms with Gasteiger partial charge in [0.2, 0.25) is 5.91 Å². The van der Waals surface area contributed by atoms with E-state index in [0.29, 0.717) is 6.42 Å². The van der Waals surface area contributed by atoms with Crippen LogP contribution in [0, 0.1) is 0 Å². The molecule has 0 aromatic heterocycles. The minimum Gasteiger partial charge on any atom is -0.395 e. The van der Waals surface area contributed by atoms with Crippen molar-refractivity contribution in [1.82, 2.24) is 5.32 Å². The summed E-state index contributed by atoms with van der Waals surface area (Å²) in [4.78, 5) is 10.9. The van der Waals surface area contributed by atoms with Gasteiger partial charge in [-0.15, -0.1) is 0 Å². The number of carbonyl (C=O) groups excluding carboxylic acids is 1. The van der Waals surface area contributed by atoms with Gasteiger partial charge >= 0.3 is 0 Å². The van der Waals surface area contributed by atoms with E-state index in [1.165, 1.54) is 0 Å². The molecule has 4 N–H and O–H groups in total. The molecule has 0 aliphatic rings. The predicted octanol–water partition coefficient (Wildman–Crippen LogP) is -0.778. The fraction of sp³-hybridized carbons (Fsp3) is 0.857. The Morgan fingerprint density at radius 3 is 2.82 bits per heavy atom. The van der Waals surface area contributed by atoms with E-state index in [-0.39, 0.29) is 19.1 Å². The van der Waals surface area contributed by atoms with Crippen molar-refractivity contribution in [2.45, 2.75) is 25.8 Å². The molecule has 0 saturated carbocycles. The number of nitrogens with two attached hydrogens (primary N) is 1. The quantitative estimate of drug-likeness (QED) is 0.494. The highest BCUT2D eigenvalue weighted by Crippen LogP contribution is 1.91. The average Bonchev–Trinajstić information content (AvgIpc) is 2.00. The first-order valence-corrected chi connectivity index (χ1v) is 3.86. The van der Waals surface area contributed by atoms with E-state index in [0.717, 1.165) is 6.42 Å². The summed E-state index contributed by atoms with van der Waals surface area (Å²) in [6.07, 6.45) is 1.59. The highest BCUT2D eigenvalue weighted by atomic mass is 16.3. The van der Waals surface area contributed by atoms with Gasteiger partial charge in [0.05, 0.1) is 12.6 Å². The molecule has 0 rings (SSSR count). The lowest BCUT2D eigenvalue weighted by atomic mass is 10.2. The Bertz CT molecular complexity index is 117. The van der Waals surface area contributed by atoms with E-state index in [1.54, 1.807) is 0 Å². The molecule has 0 aliphatic carbocycles. The molecular formula is C7H16N2O2. The molecule has 0 fully saturated rings. The molecule has 11 heavy (non-hydrogen) atoms. The van der Waals surface area contributed by atoms with Crippen molar-refractivity contribution in [2.24, 2.45) is 5.73 Å². The van der Waals surface area contributed by atoms with Gasteiger partial charge in [0.25, 0.3) is 0 Å². The van der Waals surface area contributed by atoms with Crippen LogP contribution in [0.3, 0.4) is 0 Å². The van der Waals surface area contributed by atoms with Crippen molar-refractivity contribution >= 4 is 5.91 Å². The van der Waals surface area contributed by atoms with Crippen molar-refractivity contribution in [3.8, 4) is 0 Å². The monoisotopic (exact) mass is 160 g/mol. The van der Waals surface area contributed by atoms with Gasteiger partial charge in [0.1, 0.15) is 0 Å². The SMILES string of the molecule is CCCC(N)C(=O)NCCO. The largest absolute Gasteiger partial charge is 0.395 e. The molecule has 1 atom stereocenters. The van der Waals surface area contributed by atoms with Crippen molar-refractivity contribution in [2.75, 3.05) is 13.2 Å². The minimum absolute atomic E-state index is 0.0371. The van der Waals surface area contributed by atoms with E-state index >= 15 is 0 Å². The first-order valence-electron chi connectivity index (χ1n) is 3.86. The molecule has 0 aromatic rings. The summed E-state index contributed by atoms with van der Waals surface area (Å²) in [5, 5.41) is 10.9. The Morgan fingerprint density at radius 2 is 2.36 bits per heavy atom. The van der Waals surface area contributed by atoms with Gasteiger partial charge < -0.3 is 16.2 Å². The lowest BCUT2D eigenvalue weighted by Gasteiger charge is -2.09. The molecule has 66 valence electrons. The molecule has 0 aliphatic heterocycles. The van der Waals surface area contributed by atoms with Crippen LogP contribution in [0.15, 0.2) is 0 Å². The molecular weight excluding hydrogens is 144 g/mol. The fourth-order valence-corrected chi connectivity index (χ4v) is 0.752. The van der Waals surface area contributed by atoms with E-state index in [4.69, 9.17) is 10.8 Å². The minimum atomic E-state index is -0.424. The number of aliphatic hydroxyl groups excluding tert-OH is 1. The van der Waals surface area contributed by atoms with Gasteiger partial charge in [-0.3, -0.25) is 4.79 Å². The zero-order valence-electron chi connectivity index (χ0n) is 6.84. The van der Waals surface area contributed by atoms with Crippen LogP contribution in [0.4, 0.5) is 0 Å². The van der Waals surface area contributed by atoms with Crippen LogP contribution in [-0.4, -0.2) is 30.2 Å². The molecule has 4 nitrogen and oxygen atoms in total. The smallest absolute Gasteiger partial charge is 0.236 e. The third kappa shape index (κ3) is 4.75. The van der Waals surface area contributed by atoms with E-state index in [2.05, 4.69) is 5.32 Å². The maximum absolute atomic E-state index is 10.9. The Balaban J connectivity index is 3.47. The van der Waals surface area contributed by atoms with Crippen molar-refractivity contribution in [1.29, 1.82) is 0 Å². The fourth-order valence-electron chi connectivity index (χ4n) is 0.752. The summed E-state index contributed by atoms with van der Waals surface area (Å²) >= 11 is 0. The number of carbonyl (C=O) groups is 1. The van der Waals surface area contributed by atoms with Crippen LogP contribution >= 0.6 is 0 Å². The average molecular weight is 160 g/mol. The highest BCUT2D eigenvalue weighted by Gasteiger charge is 2.10. The number of amides is 1. The summed E-state index contributed by atoms with van der Waals surface area (Å²) in [6.45, 7) is 2.22. The van der Waals surface area contributed by atoms with Crippen molar-refractivity contribution in [3.63, 3.8) is 0 Å². The van der Waals surface area contributed by atoms with Gasteiger partial charge in [0.15, 0.2) is 0 Å². The normalized spacial score (nSPS) is 12.6. The predicted molar refractivity (Wildman–Crippen MR) is 43.0 cm³/mol. The zero-order chi connectivity index (χ0) is 8.69. The van der Waals surface area contributed by atoms with Crippen molar-refractivity contribution in [3.05, 3.63) is 0 Å². The molecule has 4 heteroatoms. The molecule has 0 radical (unpaired) electrons. The second-order valence-corrected chi connectivity index (χ2v) is 2.41. The van der Waals surface area contributed by atoms with Gasteiger partial charge in [0, 0.05) is 6.54 Å². The third-order valence-corrected chi connectivity index (χ3v) is 1.35. The zero-order valence-corrected chi connectivity index (χ0v) is 6.84. The number of rotatable bonds is 5. The molecule has 1 unspecified atom stereocenters. The summed E-state index contributed by atoms with van der Waals surface area (Å²) in [7, 11) is 0. The van der Waals surface area contributed by atoms with Crippen LogP contribution in [0.25, 0.3) is 0 Å². The third-order valence-electron chi connectivity index (χ3n) is 1.35. The lowest BCUT2D eigenvalue weighted by Crippen LogP contribution is -2.41. The number of hydrogen-bond acceptors (Lipinski definition) is 3. The van der Waals surface area contributed by atoms with Crippen LogP contribution in [0.5, 0.6) is 0 Å². The molecule has 0 spiro atoms. The Kier molecular flexibility index (Phi) is 5.78. The lowest BCUT2D eigenvalue weighted by molar-refractivity contribution is -0.122. The van der Waals surface area contributed by atoms with E-state index in [1.807, 2.05) is 6.92 Å². The Labute approximate surface area is 66.8 Å². The number of nitrogens with one attached hydrogen (secondary N) is 1. The maximum atomic E-state index is 10.9. The number of aliphatic hydroxyl groups is 1. The maximum Gasteiger partial charge on any atom is 0.236 e. The second kappa shape index (κ2) is 6.12. The molecule has 0 aromatic carbocycles. The van der Waals surface area contributed by atoms with Crippen LogP contribution in [-0.2, 0) is 4.79 Å². The number of hydrogen-bond donors (Lipinski definition) is 3. The summed E-state index contributed by atoms with van der Waals surface area (Å²) in [5.74, 6) is -0.180. The van der Waals surface area contributed by atoms with Crippen LogP contribution in [0.1, 0.15) is 19.8 Å². The first-order chi connectivity index (χ1) is 5.22. The molecule has 1 amide bonds. The summed E-state index contributed by atoms with van der Waals surface area (Å²) in [5.41, 5.74) is 5.47. The highest BCUT2D eigenvalue weighted by molar-refractivity contribution is 5.81. The topological polar surface area (TPSA) is 75.4 Å². The van der Waals surface area contributed by atoms with Crippen LogP contribution < -0.4 is 11.1 Å². The summed E-state index contributed by atoms with van der Waals surface area (Å²) < 4.78 is 0. The molecule has 0 saturated heterocycles. The van der Waals surface area contributed by atoms with Gasteiger partial charge in [-0.25, -0.2) is 0 Å². The van der Waals surface area contributed by atoms with Crippen molar-refractivity contribution < 1.29 is 9.90 Å². The summed E-state index contributed by atoms with van der Waals surface area (Å²) in [6, 6.07) is -0.424. The van der Waals surface area contributed by atoms with Crippen LogP contribution in [0.2, 0.25) is 0 Å². The standard InChI is InChI=1S/C7H16N2O2/c1-2-3-6(8)7(11)9-4-5-10/h6,10H,2-5,8H2,1H3,(H,9,11). The Hall–Kier alpha value is -0.610. The van der Waals surface area contributed by atoms with E-state index in [9.17, 15) is 4.79 Å². The molecule has 0 heterocycles. The van der Waals surface area contributed by atoms with Gasteiger partial charge in [-0.2, -0.15) is 0 Å². The first kappa shape index (κ1) is 10.4. The Morgan fingerprint density at radius 1 is 1.73 bits per heavy atom. The van der Waals surface area contributed by atoms with Gasteiger partial charge in [-0.1, -0.05) is 13.3 Å².